The second-order valence-corrected chi connectivity index (χ2v) is 10.5. The number of amides is 2. The van der Waals surface area contributed by atoms with Crippen molar-refractivity contribution in [1.29, 1.82) is 0 Å². The molecule has 2 aliphatic rings. The number of para-hydroxylation sites is 1. The molecule has 0 bridgehead atoms. The van der Waals surface area contributed by atoms with Crippen LogP contribution in [0.3, 0.4) is 0 Å². The molecular weight excluding hydrogens is 472 g/mol. The Morgan fingerprint density at radius 2 is 1.92 bits per heavy atom. The van der Waals surface area contributed by atoms with E-state index in [0.29, 0.717) is 31.9 Å². The molecule has 0 unspecified atom stereocenters. The summed E-state index contributed by atoms with van der Waals surface area (Å²) in [5.41, 5.74) is 2.83. The van der Waals surface area contributed by atoms with Crippen LogP contribution in [-0.2, 0) is 16.0 Å². The normalized spacial score (nSPS) is 19.1. The molecule has 2 amide bonds. The molecule has 7 heteroatoms. The highest BCUT2D eigenvalue weighted by Gasteiger charge is 2.34. The molecule has 2 aromatic carbocycles. The molecule has 188 valence electrons. The van der Waals surface area contributed by atoms with E-state index in [4.69, 9.17) is 9.47 Å². The van der Waals surface area contributed by atoms with E-state index in [1.54, 1.807) is 16.2 Å². The number of hydrogen-bond donors (Lipinski definition) is 0. The lowest BCUT2D eigenvalue weighted by atomic mass is 10.00. The van der Waals surface area contributed by atoms with E-state index in [1.165, 1.54) is 4.88 Å². The van der Waals surface area contributed by atoms with Gasteiger partial charge in [-0.15, -0.1) is 11.3 Å². The summed E-state index contributed by atoms with van der Waals surface area (Å²) in [5.74, 6) is 0.581. The summed E-state index contributed by atoms with van der Waals surface area (Å²) in [5, 5.41) is 2.08. The van der Waals surface area contributed by atoms with Crippen molar-refractivity contribution in [3.63, 3.8) is 0 Å². The number of fused-ring (bicyclic) bond motifs is 1. The number of benzene rings is 2. The van der Waals surface area contributed by atoms with Crippen LogP contribution < -0.4 is 4.74 Å². The first-order valence-electron chi connectivity index (χ1n) is 12.6. The average Bonchev–Trinajstić information content (AvgIpc) is 3.59. The van der Waals surface area contributed by atoms with Crippen molar-refractivity contribution in [2.75, 3.05) is 32.8 Å². The zero-order valence-corrected chi connectivity index (χ0v) is 21.4. The molecule has 0 spiro atoms. The smallest absolute Gasteiger partial charge is 0.254 e. The predicted molar refractivity (Wildman–Crippen MR) is 140 cm³/mol. The van der Waals surface area contributed by atoms with Crippen molar-refractivity contribution >= 4 is 23.2 Å². The number of aryl methyl sites for hydroxylation is 1. The first kappa shape index (κ1) is 24.5. The molecule has 6 nitrogen and oxygen atoms in total. The quantitative estimate of drug-likeness (QED) is 0.439. The fraction of sp³-hybridized carbons (Fsp3) is 0.379. The van der Waals surface area contributed by atoms with E-state index in [1.807, 2.05) is 66.4 Å². The molecule has 0 radical (unpaired) electrons. The Bertz CT molecular complexity index is 1170. The van der Waals surface area contributed by atoms with Crippen LogP contribution in [0.4, 0.5) is 0 Å². The predicted octanol–water partition coefficient (Wildman–Crippen LogP) is 4.88. The van der Waals surface area contributed by atoms with E-state index in [0.717, 1.165) is 36.1 Å². The van der Waals surface area contributed by atoms with Gasteiger partial charge in [0.2, 0.25) is 5.91 Å². The maximum Gasteiger partial charge on any atom is 0.254 e. The van der Waals surface area contributed by atoms with Gasteiger partial charge in [0.1, 0.15) is 18.9 Å². The largest absolute Gasteiger partial charge is 0.491 e. The van der Waals surface area contributed by atoms with Crippen molar-refractivity contribution in [3.05, 3.63) is 87.6 Å². The van der Waals surface area contributed by atoms with E-state index < -0.39 is 0 Å². The lowest BCUT2D eigenvalue weighted by Crippen LogP contribution is -2.49. The summed E-state index contributed by atoms with van der Waals surface area (Å²) >= 11 is 1.73. The van der Waals surface area contributed by atoms with Crippen LogP contribution in [0.15, 0.2) is 66.0 Å². The molecule has 0 aliphatic carbocycles. The molecule has 1 fully saturated rings. The first-order chi connectivity index (χ1) is 17.6. The molecule has 36 heavy (non-hydrogen) atoms. The lowest BCUT2D eigenvalue weighted by molar-refractivity contribution is -0.135. The molecule has 0 saturated carbocycles. The van der Waals surface area contributed by atoms with Crippen LogP contribution >= 0.6 is 11.3 Å². The van der Waals surface area contributed by atoms with Gasteiger partial charge in [-0.25, -0.2) is 0 Å². The third kappa shape index (κ3) is 5.63. The van der Waals surface area contributed by atoms with Gasteiger partial charge < -0.3 is 19.3 Å². The Morgan fingerprint density at radius 1 is 1.11 bits per heavy atom. The number of nitrogens with zero attached hydrogens (tertiary/aromatic N) is 2. The second-order valence-electron chi connectivity index (χ2n) is 9.46. The lowest BCUT2D eigenvalue weighted by Gasteiger charge is -2.37. The molecule has 2 aliphatic heterocycles. The topological polar surface area (TPSA) is 59.1 Å². The van der Waals surface area contributed by atoms with E-state index in [-0.39, 0.29) is 30.5 Å². The fourth-order valence-electron chi connectivity index (χ4n) is 4.95. The summed E-state index contributed by atoms with van der Waals surface area (Å²) in [6, 6.07) is 19.1. The minimum absolute atomic E-state index is 0.0217. The van der Waals surface area contributed by atoms with Crippen LogP contribution in [0.5, 0.6) is 5.75 Å². The van der Waals surface area contributed by atoms with Gasteiger partial charge in [-0.1, -0.05) is 35.9 Å². The van der Waals surface area contributed by atoms with Crippen LogP contribution in [0.1, 0.15) is 45.2 Å². The Kier molecular flexibility index (Phi) is 7.68. The number of thiophene rings is 1. The standard InChI is InChI=1S/C29H32N2O4S/c1-21-9-11-22(12-10-21)29(33)30(18-24-8-5-16-34-24)19-28(32)31-15-13-27-25(14-17-36-27)26(31)20-35-23-6-3-2-4-7-23/h2-4,6-7,9-12,14,17,24,26H,5,8,13,15-16,18-20H2,1H3/t24-,26-/m0/s1. The van der Waals surface area contributed by atoms with Crippen LogP contribution in [0.2, 0.25) is 0 Å². The van der Waals surface area contributed by atoms with Gasteiger partial charge in [0.25, 0.3) is 5.91 Å². The number of ether oxygens (including phenoxy) is 2. The van der Waals surface area contributed by atoms with Crippen molar-refractivity contribution in [2.24, 2.45) is 0 Å². The minimum atomic E-state index is -0.188. The number of rotatable bonds is 8. The fourth-order valence-corrected chi connectivity index (χ4v) is 5.88. The number of hydrogen-bond acceptors (Lipinski definition) is 5. The maximum absolute atomic E-state index is 13.8. The third-order valence-corrected chi connectivity index (χ3v) is 7.92. The summed E-state index contributed by atoms with van der Waals surface area (Å²) in [4.78, 5) is 32.1. The summed E-state index contributed by atoms with van der Waals surface area (Å²) in [7, 11) is 0. The van der Waals surface area contributed by atoms with Gasteiger partial charge in [0, 0.05) is 30.1 Å². The van der Waals surface area contributed by atoms with Crippen molar-refractivity contribution in [2.45, 2.75) is 38.3 Å². The van der Waals surface area contributed by atoms with Crippen molar-refractivity contribution in [1.82, 2.24) is 9.80 Å². The highest BCUT2D eigenvalue weighted by Crippen LogP contribution is 2.34. The van der Waals surface area contributed by atoms with Gasteiger partial charge >= 0.3 is 0 Å². The summed E-state index contributed by atoms with van der Waals surface area (Å²) in [6.07, 6.45) is 2.67. The third-order valence-electron chi connectivity index (χ3n) is 6.93. The Morgan fingerprint density at radius 3 is 2.67 bits per heavy atom. The van der Waals surface area contributed by atoms with Crippen molar-refractivity contribution in [3.8, 4) is 5.75 Å². The molecule has 5 rings (SSSR count). The maximum atomic E-state index is 13.8. The monoisotopic (exact) mass is 504 g/mol. The number of carbonyl (C=O) groups is 2. The molecule has 1 saturated heterocycles. The summed E-state index contributed by atoms with van der Waals surface area (Å²) < 4.78 is 11.9. The molecular formula is C29H32N2O4S. The molecule has 1 aromatic heterocycles. The van der Waals surface area contributed by atoms with Gasteiger partial charge in [-0.3, -0.25) is 9.59 Å². The van der Waals surface area contributed by atoms with Gasteiger partial charge in [0.05, 0.1) is 12.1 Å². The second kappa shape index (κ2) is 11.3. The number of carbonyl (C=O) groups excluding carboxylic acids is 2. The van der Waals surface area contributed by atoms with Crippen LogP contribution in [0.25, 0.3) is 0 Å². The van der Waals surface area contributed by atoms with Crippen LogP contribution in [-0.4, -0.2) is 60.6 Å². The van der Waals surface area contributed by atoms with Crippen LogP contribution in [0, 0.1) is 6.92 Å². The van der Waals surface area contributed by atoms with Gasteiger partial charge in [-0.05, 0) is 67.5 Å². The molecule has 2 atom stereocenters. The molecule has 0 N–H and O–H groups in total. The summed E-state index contributed by atoms with van der Waals surface area (Å²) in [6.45, 7) is 4.12. The highest BCUT2D eigenvalue weighted by atomic mass is 32.1. The van der Waals surface area contributed by atoms with E-state index in [2.05, 4.69) is 11.4 Å². The Labute approximate surface area is 216 Å². The average molecular weight is 505 g/mol. The molecule has 3 heterocycles. The van der Waals surface area contributed by atoms with E-state index in [9.17, 15) is 9.59 Å². The van der Waals surface area contributed by atoms with Gasteiger partial charge in [-0.2, -0.15) is 0 Å². The Hall–Kier alpha value is -3.16. The zero-order valence-electron chi connectivity index (χ0n) is 20.6. The minimum Gasteiger partial charge on any atom is -0.491 e. The van der Waals surface area contributed by atoms with Crippen molar-refractivity contribution < 1.29 is 19.1 Å². The zero-order chi connectivity index (χ0) is 24.9. The first-order valence-corrected chi connectivity index (χ1v) is 13.5. The Balaban J connectivity index is 1.35. The SMILES string of the molecule is Cc1ccc(C(=O)N(CC(=O)N2CCc3sccc3[C@@H]2COc2ccccc2)C[C@@H]2CCCO2)cc1. The van der Waals surface area contributed by atoms with Gasteiger partial charge in [0.15, 0.2) is 0 Å². The van der Waals surface area contributed by atoms with E-state index >= 15 is 0 Å². The highest BCUT2D eigenvalue weighted by molar-refractivity contribution is 7.10. The molecule has 3 aromatic rings.